The number of thiophene rings is 1. The highest BCUT2D eigenvalue weighted by Gasteiger charge is 2.32. The zero-order chi connectivity index (χ0) is 21.4. The van der Waals surface area contributed by atoms with Gasteiger partial charge in [-0.1, -0.05) is 60.7 Å². The number of anilines is 1. The zero-order valence-electron chi connectivity index (χ0n) is 16.7. The van der Waals surface area contributed by atoms with E-state index < -0.39 is 10.0 Å². The van der Waals surface area contributed by atoms with E-state index in [2.05, 4.69) is 0 Å². The molecule has 1 fully saturated rings. The standard InChI is InChI=1S/C23H21N3O3S2/c24-21-20-18(16-7-3-1-4-8-16)15-19(17-9-5-2-6-10-17)25-22(20)30-23(21)31(27,28)26-11-13-29-14-12-26/h1-10,15H,11-14,24H2. The molecule has 1 aliphatic rings. The third kappa shape index (κ3) is 3.61. The van der Waals surface area contributed by atoms with Crippen LogP contribution in [0.15, 0.2) is 70.9 Å². The van der Waals surface area contributed by atoms with E-state index >= 15 is 0 Å². The molecule has 3 heterocycles. The van der Waals surface area contributed by atoms with Gasteiger partial charge in [0.25, 0.3) is 10.0 Å². The SMILES string of the molecule is Nc1c(S(=O)(=O)N2CCOCC2)sc2nc(-c3ccccc3)cc(-c3ccccc3)c12. The summed E-state index contributed by atoms with van der Waals surface area (Å²) in [4.78, 5) is 5.42. The topological polar surface area (TPSA) is 85.5 Å². The molecule has 0 bridgehead atoms. The van der Waals surface area contributed by atoms with Crippen LogP contribution in [0.1, 0.15) is 0 Å². The van der Waals surface area contributed by atoms with Crippen LogP contribution in [0.25, 0.3) is 32.6 Å². The van der Waals surface area contributed by atoms with Gasteiger partial charge < -0.3 is 10.5 Å². The molecule has 1 aliphatic heterocycles. The number of pyridine rings is 1. The Morgan fingerprint density at radius 3 is 2.19 bits per heavy atom. The molecule has 0 amide bonds. The molecule has 1 saturated heterocycles. The van der Waals surface area contributed by atoms with Crippen LogP contribution in [0.2, 0.25) is 0 Å². The molecular formula is C23H21N3O3S2. The second-order valence-corrected chi connectivity index (χ2v) is 10.4. The van der Waals surface area contributed by atoms with Crippen molar-refractivity contribution in [2.75, 3.05) is 32.0 Å². The van der Waals surface area contributed by atoms with Crippen molar-refractivity contribution in [1.82, 2.24) is 9.29 Å². The number of nitrogens with two attached hydrogens (primary N) is 1. The highest BCUT2D eigenvalue weighted by Crippen LogP contribution is 2.44. The zero-order valence-corrected chi connectivity index (χ0v) is 18.3. The van der Waals surface area contributed by atoms with E-state index in [1.165, 1.54) is 4.31 Å². The van der Waals surface area contributed by atoms with Crippen LogP contribution < -0.4 is 5.73 Å². The Balaban J connectivity index is 1.75. The number of hydrogen-bond donors (Lipinski definition) is 1. The fourth-order valence-corrected chi connectivity index (χ4v) is 6.87. The van der Waals surface area contributed by atoms with Crippen LogP contribution in [0.4, 0.5) is 5.69 Å². The molecule has 2 aromatic carbocycles. The quantitative estimate of drug-likeness (QED) is 0.502. The molecule has 8 heteroatoms. The smallest absolute Gasteiger partial charge is 0.254 e. The van der Waals surface area contributed by atoms with Gasteiger partial charge in [-0.25, -0.2) is 13.4 Å². The normalized spacial score (nSPS) is 15.4. The van der Waals surface area contributed by atoms with E-state index in [9.17, 15) is 8.42 Å². The number of sulfonamides is 1. The van der Waals surface area contributed by atoms with Crippen molar-refractivity contribution in [2.45, 2.75) is 4.21 Å². The number of benzene rings is 2. The summed E-state index contributed by atoms with van der Waals surface area (Å²) in [5.74, 6) is 0. The Kier molecular flexibility index (Phi) is 5.23. The van der Waals surface area contributed by atoms with Crippen molar-refractivity contribution in [2.24, 2.45) is 0 Å². The summed E-state index contributed by atoms with van der Waals surface area (Å²) in [6, 6.07) is 21.7. The van der Waals surface area contributed by atoms with E-state index in [4.69, 9.17) is 15.5 Å². The molecule has 0 atom stereocenters. The summed E-state index contributed by atoms with van der Waals surface area (Å²) in [5.41, 5.74) is 10.3. The predicted molar refractivity (Wildman–Crippen MR) is 124 cm³/mol. The molecule has 2 N–H and O–H groups in total. The number of morpholine rings is 1. The van der Waals surface area contributed by atoms with E-state index in [0.29, 0.717) is 36.5 Å². The Hall–Kier alpha value is -2.78. The van der Waals surface area contributed by atoms with Gasteiger partial charge in [0.2, 0.25) is 0 Å². The van der Waals surface area contributed by atoms with Crippen LogP contribution in [-0.2, 0) is 14.8 Å². The van der Waals surface area contributed by atoms with Crippen molar-refractivity contribution in [1.29, 1.82) is 0 Å². The number of rotatable bonds is 4. The number of hydrogen-bond acceptors (Lipinski definition) is 6. The minimum absolute atomic E-state index is 0.152. The monoisotopic (exact) mass is 451 g/mol. The minimum Gasteiger partial charge on any atom is -0.396 e. The van der Waals surface area contributed by atoms with Gasteiger partial charge >= 0.3 is 0 Å². The van der Waals surface area contributed by atoms with Crippen LogP contribution >= 0.6 is 11.3 Å². The third-order valence-corrected chi connectivity index (χ3v) is 8.87. The lowest BCUT2D eigenvalue weighted by Crippen LogP contribution is -2.40. The second kappa shape index (κ2) is 8.05. The Bertz CT molecular complexity index is 1330. The van der Waals surface area contributed by atoms with E-state index in [-0.39, 0.29) is 9.90 Å². The van der Waals surface area contributed by atoms with E-state index in [1.54, 1.807) is 0 Å². The van der Waals surface area contributed by atoms with Crippen molar-refractivity contribution in [3.8, 4) is 22.4 Å². The predicted octanol–water partition coefficient (Wildman–Crippen LogP) is 4.23. The first-order chi connectivity index (χ1) is 15.1. The van der Waals surface area contributed by atoms with Gasteiger partial charge in [0.1, 0.15) is 4.83 Å². The van der Waals surface area contributed by atoms with Gasteiger partial charge in [0.05, 0.1) is 24.6 Å². The summed E-state index contributed by atoms with van der Waals surface area (Å²) in [5, 5.41) is 0.683. The lowest BCUT2D eigenvalue weighted by molar-refractivity contribution is 0.0731. The molecule has 158 valence electrons. The van der Waals surface area contributed by atoms with Gasteiger partial charge in [0.15, 0.2) is 4.21 Å². The number of aromatic nitrogens is 1. The molecule has 5 rings (SSSR count). The number of ether oxygens (including phenoxy) is 1. The summed E-state index contributed by atoms with van der Waals surface area (Å²) < 4.78 is 33.6. The highest BCUT2D eigenvalue weighted by molar-refractivity contribution is 7.91. The van der Waals surface area contributed by atoms with Crippen LogP contribution in [0.5, 0.6) is 0 Å². The summed E-state index contributed by atoms with van der Waals surface area (Å²) in [7, 11) is -3.72. The molecule has 31 heavy (non-hydrogen) atoms. The van der Waals surface area contributed by atoms with E-state index in [0.717, 1.165) is 33.7 Å². The lowest BCUT2D eigenvalue weighted by Gasteiger charge is -2.25. The number of nitrogen functional groups attached to an aromatic ring is 1. The summed E-state index contributed by atoms with van der Waals surface area (Å²) in [6.07, 6.45) is 0. The maximum atomic E-state index is 13.4. The Labute approximate surface area is 185 Å². The molecule has 0 saturated carbocycles. The molecule has 0 spiro atoms. The molecule has 6 nitrogen and oxygen atoms in total. The first kappa shape index (κ1) is 20.1. The molecule has 0 aliphatic carbocycles. The van der Waals surface area contributed by atoms with Crippen LogP contribution in [0, 0.1) is 0 Å². The number of nitrogens with zero attached hydrogens (tertiary/aromatic N) is 2. The first-order valence-corrected chi connectivity index (χ1v) is 12.2. The van der Waals surface area contributed by atoms with Crippen molar-refractivity contribution < 1.29 is 13.2 Å². The first-order valence-electron chi connectivity index (χ1n) is 9.97. The van der Waals surface area contributed by atoms with Gasteiger partial charge in [-0.2, -0.15) is 4.31 Å². The van der Waals surface area contributed by atoms with Gasteiger partial charge in [-0.3, -0.25) is 0 Å². The van der Waals surface area contributed by atoms with Crippen molar-refractivity contribution in [3.05, 3.63) is 66.7 Å². The summed E-state index contributed by atoms with van der Waals surface area (Å²) in [6.45, 7) is 1.42. The van der Waals surface area contributed by atoms with E-state index in [1.807, 2.05) is 66.7 Å². The minimum atomic E-state index is -3.72. The second-order valence-electron chi connectivity index (χ2n) is 7.29. The van der Waals surface area contributed by atoms with Gasteiger partial charge in [-0.15, -0.1) is 11.3 Å². The molecule has 0 unspecified atom stereocenters. The summed E-state index contributed by atoms with van der Waals surface area (Å²) >= 11 is 1.14. The fraction of sp³-hybridized carbons (Fsp3) is 0.174. The molecular weight excluding hydrogens is 430 g/mol. The molecule has 0 radical (unpaired) electrons. The van der Waals surface area contributed by atoms with Crippen LogP contribution in [-0.4, -0.2) is 44.0 Å². The van der Waals surface area contributed by atoms with Crippen molar-refractivity contribution >= 4 is 37.3 Å². The Morgan fingerprint density at radius 1 is 0.935 bits per heavy atom. The number of fused-ring (bicyclic) bond motifs is 1. The van der Waals surface area contributed by atoms with Gasteiger partial charge in [-0.05, 0) is 17.2 Å². The Morgan fingerprint density at radius 2 is 1.55 bits per heavy atom. The van der Waals surface area contributed by atoms with Crippen LogP contribution in [0.3, 0.4) is 0 Å². The molecule has 2 aromatic heterocycles. The van der Waals surface area contributed by atoms with Crippen molar-refractivity contribution in [3.63, 3.8) is 0 Å². The average molecular weight is 452 g/mol. The lowest BCUT2D eigenvalue weighted by atomic mass is 10.00. The maximum absolute atomic E-state index is 13.4. The fourth-order valence-electron chi connectivity index (χ4n) is 3.80. The maximum Gasteiger partial charge on any atom is 0.254 e. The average Bonchev–Trinajstić information content (AvgIpc) is 3.17. The van der Waals surface area contributed by atoms with Gasteiger partial charge in [0, 0.05) is 24.0 Å². The third-order valence-electron chi connectivity index (χ3n) is 5.36. The highest BCUT2D eigenvalue weighted by atomic mass is 32.2. The largest absolute Gasteiger partial charge is 0.396 e. The molecule has 4 aromatic rings.